The lowest BCUT2D eigenvalue weighted by molar-refractivity contribution is -0.175. The van der Waals surface area contributed by atoms with E-state index in [0.717, 1.165) is 31.1 Å². The van der Waals surface area contributed by atoms with Crippen molar-refractivity contribution in [3.63, 3.8) is 0 Å². The number of carbonyl (C=O) groups is 1. The van der Waals surface area contributed by atoms with Gasteiger partial charge in [0, 0.05) is 0 Å². The molecule has 0 spiro atoms. The van der Waals surface area contributed by atoms with Gasteiger partial charge >= 0.3 is 5.97 Å². The second-order valence-electron chi connectivity index (χ2n) is 11.5. The molecule has 0 aromatic carbocycles. The summed E-state index contributed by atoms with van der Waals surface area (Å²) in [7, 11) is 0. The molecular formula is C29H52O2. The van der Waals surface area contributed by atoms with Crippen LogP contribution in [0.25, 0.3) is 0 Å². The van der Waals surface area contributed by atoms with Gasteiger partial charge in [-0.15, -0.1) is 0 Å². The van der Waals surface area contributed by atoms with Crippen molar-refractivity contribution in [3.8, 4) is 0 Å². The molecule has 3 saturated carbocycles. The molecule has 0 aromatic rings. The van der Waals surface area contributed by atoms with E-state index in [-0.39, 0.29) is 16.8 Å². The molecule has 0 N–H and O–H groups in total. The Kier molecular flexibility index (Phi) is 10.2. The predicted molar refractivity (Wildman–Crippen MR) is 131 cm³/mol. The van der Waals surface area contributed by atoms with Gasteiger partial charge in [-0.1, -0.05) is 97.3 Å². The summed E-state index contributed by atoms with van der Waals surface area (Å²) >= 11 is 0. The highest BCUT2D eigenvalue weighted by Crippen LogP contribution is 2.61. The molecule has 0 amide bonds. The number of ether oxygens (including phenoxy) is 1. The van der Waals surface area contributed by atoms with Crippen LogP contribution in [-0.2, 0) is 9.53 Å². The Labute approximate surface area is 193 Å². The van der Waals surface area contributed by atoms with E-state index in [1.165, 1.54) is 116 Å². The lowest BCUT2D eigenvalue weighted by Gasteiger charge is -2.55. The van der Waals surface area contributed by atoms with Crippen molar-refractivity contribution in [1.82, 2.24) is 0 Å². The van der Waals surface area contributed by atoms with Crippen LogP contribution in [0.2, 0.25) is 0 Å². The summed E-state index contributed by atoms with van der Waals surface area (Å²) in [6.45, 7) is 5.24. The molecule has 0 bridgehead atoms. The molecule has 0 atom stereocenters. The largest absolute Gasteiger partial charge is 0.465 e. The highest BCUT2D eigenvalue weighted by atomic mass is 16.5. The van der Waals surface area contributed by atoms with Gasteiger partial charge in [-0.2, -0.15) is 0 Å². The van der Waals surface area contributed by atoms with Crippen molar-refractivity contribution in [3.05, 3.63) is 0 Å². The first-order valence-corrected chi connectivity index (χ1v) is 14.3. The minimum Gasteiger partial charge on any atom is -0.465 e. The van der Waals surface area contributed by atoms with Gasteiger partial charge in [-0.25, -0.2) is 0 Å². The van der Waals surface area contributed by atoms with E-state index in [9.17, 15) is 4.79 Å². The topological polar surface area (TPSA) is 26.3 Å². The number of rotatable bonds is 11. The Morgan fingerprint density at radius 3 is 1.97 bits per heavy atom. The molecule has 0 radical (unpaired) electrons. The van der Waals surface area contributed by atoms with Crippen LogP contribution in [0.15, 0.2) is 0 Å². The first kappa shape index (κ1) is 25.1. The van der Waals surface area contributed by atoms with Crippen molar-refractivity contribution in [1.29, 1.82) is 0 Å². The van der Waals surface area contributed by atoms with Gasteiger partial charge < -0.3 is 4.74 Å². The second kappa shape index (κ2) is 12.6. The fourth-order valence-electron chi connectivity index (χ4n) is 7.83. The van der Waals surface area contributed by atoms with Crippen LogP contribution >= 0.6 is 0 Å². The zero-order chi connectivity index (χ0) is 22.0. The Hall–Kier alpha value is -0.530. The predicted octanol–water partition coefficient (Wildman–Crippen LogP) is 9.01. The normalized spacial score (nSPS) is 29.5. The average molecular weight is 433 g/mol. The number of carbonyl (C=O) groups excluding carboxylic acids is 1. The number of unbranched alkanes of at least 4 members (excludes halogenated alkanes) is 4. The van der Waals surface area contributed by atoms with E-state index in [4.69, 9.17) is 4.74 Å². The summed E-state index contributed by atoms with van der Waals surface area (Å²) in [6.07, 6.45) is 27.1. The smallest absolute Gasteiger partial charge is 0.312 e. The van der Waals surface area contributed by atoms with Gasteiger partial charge in [0.1, 0.15) is 0 Å². The van der Waals surface area contributed by atoms with Crippen LogP contribution in [0.5, 0.6) is 0 Å². The van der Waals surface area contributed by atoms with E-state index in [1.807, 2.05) is 0 Å². The fourth-order valence-corrected chi connectivity index (χ4v) is 7.83. The van der Waals surface area contributed by atoms with Gasteiger partial charge in [-0.05, 0) is 68.6 Å². The number of hydrogen-bond acceptors (Lipinski definition) is 2. The van der Waals surface area contributed by atoms with Gasteiger partial charge in [0.15, 0.2) is 0 Å². The van der Waals surface area contributed by atoms with Gasteiger partial charge in [0.2, 0.25) is 0 Å². The molecular weight excluding hydrogens is 380 g/mol. The molecule has 0 saturated heterocycles. The molecule has 31 heavy (non-hydrogen) atoms. The summed E-state index contributed by atoms with van der Waals surface area (Å²) in [4.78, 5) is 13.7. The van der Waals surface area contributed by atoms with Crippen molar-refractivity contribution in [2.75, 3.05) is 6.61 Å². The monoisotopic (exact) mass is 432 g/mol. The second-order valence-corrected chi connectivity index (χ2v) is 11.5. The molecule has 3 aliphatic rings. The van der Waals surface area contributed by atoms with Crippen molar-refractivity contribution >= 4 is 5.97 Å². The van der Waals surface area contributed by atoms with Crippen LogP contribution in [0.3, 0.4) is 0 Å². The molecule has 3 aliphatic carbocycles. The van der Waals surface area contributed by atoms with E-state index in [1.54, 1.807) is 0 Å². The molecule has 2 heteroatoms. The molecule has 3 fully saturated rings. The Bertz CT molecular complexity index is 505. The molecule has 180 valence electrons. The first-order chi connectivity index (χ1) is 15.2. The van der Waals surface area contributed by atoms with Gasteiger partial charge in [-0.3, -0.25) is 4.79 Å². The quantitative estimate of drug-likeness (QED) is 0.240. The molecule has 0 unspecified atom stereocenters. The molecule has 2 nitrogen and oxygen atoms in total. The standard InChI is InChI=1S/C29H52O2/c1-3-5-6-7-14-24-31-27(30)29(20-12-9-13-21-29)28(19-4-2)22-17-26(18-23-28)25-15-10-8-11-16-25/h25-26H,3-24H2,1-2H3/t26-,28+. The van der Waals surface area contributed by atoms with E-state index in [0.29, 0.717) is 6.61 Å². The summed E-state index contributed by atoms with van der Waals surface area (Å²) in [6, 6.07) is 0. The minimum absolute atomic E-state index is 0.178. The van der Waals surface area contributed by atoms with E-state index < -0.39 is 0 Å². The van der Waals surface area contributed by atoms with Gasteiger partial charge in [0.05, 0.1) is 12.0 Å². The third kappa shape index (κ3) is 6.08. The third-order valence-electron chi connectivity index (χ3n) is 9.63. The maximum absolute atomic E-state index is 13.7. The maximum atomic E-state index is 13.7. The zero-order valence-electron chi connectivity index (χ0n) is 21.0. The molecule has 0 aromatic heterocycles. The van der Waals surface area contributed by atoms with Crippen molar-refractivity contribution in [2.24, 2.45) is 22.7 Å². The van der Waals surface area contributed by atoms with E-state index >= 15 is 0 Å². The Morgan fingerprint density at radius 2 is 1.32 bits per heavy atom. The van der Waals surface area contributed by atoms with Gasteiger partial charge in [0.25, 0.3) is 0 Å². The highest BCUT2D eigenvalue weighted by molar-refractivity contribution is 5.78. The average Bonchev–Trinajstić information content (AvgIpc) is 2.83. The van der Waals surface area contributed by atoms with Crippen LogP contribution in [0, 0.1) is 22.7 Å². The van der Waals surface area contributed by atoms with Crippen LogP contribution in [0.4, 0.5) is 0 Å². The van der Waals surface area contributed by atoms with Crippen LogP contribution < -0.4 is 0 Å². The maximum Gasteiger partial charge on any atom is 0.312 e. The number of hydrogen-bond donors (Lipinski definition) is 0. The summed E-state index contributed by atoms with van der Waals surface area (Å²) in [5, 5.41) is 0. The summed E-state index contributed by atoms with van der Waals surface area (Å²) in [5.41, 5.74) is 0.0366. The SMILES string of the molecule is CCCCCCCOC(=O)C1([C@]2(CCC)CC[C@H](C3CCCCC3)CC2)CCCCC1. The first-order valence-electron chi connectivity index (χ1n) is 14.3. The zero-order valence-corrected chi connectivity index (χ0v) is 21.0. The van der Waals surface area contributed by atoms with Crippen LogP contribution in [-0.4, -0.2) is 12.6 Å². The fraction of sp³-hybridized carbons (Fsp3) is 0.966. The number of esters is 1. The third-order valence-corrected chi connectivity index (χ3v) is 9.63. The lowest BCUT2D eigenvalue weighted by atomic mass is 9.49. The highest BCUT2D eigenvalue weighted by Gasteiger charge is 2.57. The minimum atomic E-state index is -0.178. The molecule has 0 heterocycles. The van der Waals surface area contributed by atoms with Crippen molar-refractivity contribution in [2.45, 2.75) is 149 Å². The lowest BCUT2D eigenvalue weighted by Crippen LogP contribution is -2.52. The molecule has 3 rings (SSSR count). The summed E-state index contributed by atoms with van der Waals surface area (Å²) in [5.74, 6) is 2.11. The Morgan fingerprint density at radius 1 is 0.710 bits per heavy atom. The molecule has 0 aliphatic heterocycles. The van der Waals surface area contributed by atoms with Crippen molar-refractivity contribution < 1.29 is 9.53 Å². The Balaban J connectivity index is 1.66. The summed E-state index contributed by atoms with van der Waals surface area (Å²) < 4.78 is 6.09. The van der Waals surface area contributed by atoms with Crippen LogP contribution in [0.1, 0.15) is 149 Å². The van der Waals surface area contributed by atoms with E-state index in [2.05, 4.69) is 13.8 Å².